The molecule has 0 bridgehead atoms. The number of hydrogen-bond donors (Lipinski definition) is 2. The standard InChI is InChI=1S/C16H21BrN2O3.ClH/c1-10(19-16(20)9-18-8-11-2-3-11)12-6-14-15(7-13(12)17)22-5-4-21-14;/h6-7,10-11,18H,2-5,8-9H2,1H3,(H,19,20);1H. The van der Waals surface area contributed by atoms with Crippen LogP contribution in [0.25, 0.3) is 0 Å². The van der Waals surface area contributed by atoms with Crippen molar-refractivity contribution in [1.82, 2.24) is 10.6 Å². The first-order valence-electron chi connectivity index (χ1n) is 7.72. The molecule has 128 valence electrons. The first-order valence-corrected chi connectivity index (χ1v) is 8.52. The van der Waals surface area contributed by atoms with Crippen molar-refractivity contribution in [3.63, 3.8) is 0 Å². The van der Waals surface area contributed by atoms with Crippen molar-refractivity contribution < 1.29 is 14.3 Å². The molecule has 1 aliphatic carbocycles. The van der Waals surface area contributed by atoms with Gasteiger partial charge in [0.15, 0.2) is 11.5 Å². The van der Waals surface area contributed by atoms with E-state index in [4.69, 9.17) is 9.47 Å². The average molecular weight is 406 g/mol. The van der Waals surface area contributed by atoms with Gasteiger partial charge in [0.25, 0.3) is 0 Å². The van der Waals surface area contributed by atoms with Crippen LogP contribution in [0.4, 0.5) is 0 Å². The second-order valence-corrected chi connectivity index (χ2v) is 6.74. The fraction of sp³-hybridized carbons (Fsp3) is 0.562. The van der Waals surface area contributed by atoms with E-state index in [0.29, 0.717) is 19.8 Å². The third kappa shape index (κ3) is 4.99. The molecule has 1 amide bonds. The summed E-state index contributed by atoms with van der Waals surface area (Å²) in [5.41, 5.74) is 0.986. The van der Waals surface area contributed by atoms with Crippen LogP contribution in [0.2, 0.25) is 0 Å². The molecule has 1 unspecified atom stereocenters. The Kier molecular flexibility index (Phi) is 6.56. The smallest absolute Gasteiger partial charge is 0.234 e. The lowest BCUT2D eigenvalue weighted by Crippen LogP contribution is -2.36. The Morgan fingerprint density at radius 2 is 1.96 bits per heavy atom. The molecule has 1 aromatic rings. The minimum Gasteiger partial charge on any atom is -0.486 e. The fourth-order valence-electron chi connectivity index (χ4n) is 2.49. The summed E-state index contributed by atoms with van der Waals surface area (Å²) in [7, 11) is 0. The van der Waals surface area contributed by atoms with Gasteiger partial charge in [-0.2, -0.15) is 0 Å². The van der Waals surface area contributed by atoms with E-state index in [1.54, 1.807) is 0 Å². The summed E-state index contributed by atoms with van der Waals surface area (Å²) in [5, 5.41) is 6.21. The van der Waals surface area contributed by atoms with E-state index < -0.39 is 0 Å². The molecule has 1 aromatic carbocycles. The van der Waals surface area contributed by atoms with Gasteiger partial charge in [0, 0.05) is 4.47 Å². The SMILES string of the molecule is CC(NC(=O)CNCC1CC1)c1cc2c(cc1Br)OCCO2.Cl. The van der Waals surface area contributed by atoms with Gasteiger partial charge >= 0.3 is 0 Å². The Labute approximate surface area is 151 Å². The molecule has 2 aliphatic rings. The highest BCUT2D eigenvalue weighted by Gasteiger charge is 2.21. The van der Waals surface area contributed by atoms with E-state index >= 15 is 0 Å². The molecule has 0 saturated heterocycles. The third-order valence-corrected chi connectivity index (χ3v) is 4.61. The second kappa shape index (κ2) is 8.22. The van der Waals surface area contributed by atoms with Crippen molar-refractivity contribution in [1.29, 1.82) is 0 Å². The number of fused-ring (bicyclic) bond motifs is 1. The third-order valence-electron chi connectivity index (χ3n) is 3.92. The normalized spacial score (nSPS) is 17.1. The summed E-state index contributed by atoms with van der Waals surface area (Å²) >= 11 is 3.54. The quantitative estimate of drug-likeness (QED) is 0.764. The van der Waals surface area contributed by atoms with Crippen molar-refractivity contribution in [2.24, 2.45) is 5.92 Å². The number of nitrogens with one attached hydrogen (secondary N) is 2. The minimum atomic E-state index is -0.0968. The molecular weight excluding hydrogens is 384 g/mol. The number of hydrogen-bond acceptors (Lipinski definition) is 4. The topological polar surface area (TPSA) is 59.6 Å². The molecule has 1 aliphatic heterocycles. The van der Waals surface area contributed by atoms with Crippen molar-refractivity contribution >= 4 is 34.2 Å². The monoisotopic (exact) mass is 404 g/mol. The maximum Gasteiger partial charge on any atom is 0.234 e. The lowest BCUT2D eigenvalue weighted by Gasteiger charge is -2.22. The molecule has 3 rings (SSSR count). The number of rotatable bonds is 6. The molecular formula is C16H22BrClN2O3. The highest BCUT2D eigenvalue weighted by Crippen LogP contribution is 2.37. The number of amides is 1. The van der Waals surface area contributed by atoms with Crippen molar-refractivity contribution in [3.05, 3.63) is 22.2 Å². The van der Waals surface area contributed by atoms with Crippen LogP contribution in [-0.2, 0) is 4.79 Å². The summed E-state index contributed by atoms with van der Waals surface area (Å²) in [6.07, 6.45) is 2.57. The van der Waals surface area contributed by atoms with E-state index in [-0.39, 0.29) is 24.4 Å². The zero-order valence-corrected chi connectivity index (χ0v) is 15.5. The van der Waals surface area contributed by atoms with E-state index in [1.807, 2.05) is 19.1 Å². The van der Waals surface area contributed by atoms with Gasteiger partial charge in [-0.05, 0) is 49.9 Å². The van der Waals surface area contributed by atoms with Crippen LogP contribution < -0.4 is 20.1 Å². The van der Waals surface area contributed by atoms with E-state index in [1.165, 1.54) is 12.8 Å². The average Bonchev–Trinajstić information content (AvgIpc) is 3.30. The zero-order valence-electron chi connectivity index (χ0n) is 13.1. The maximum atomic E-state index is 12.0. The van der Waals surface area contributed by atoms with Gasteiger partial charge < -0.3 is 20.1 Å². The van der Waals surface area contributed by atoms with Crippen LogP contribution in [-0.4, -0.2) is 32.2 Å². The van der Waals surface area contributed by atoms with Gasteiger partial charge in [0.05, 0.1) is 12.6 Å². The maximum absolute atomic E-state index is 12.0. The number of ether oxygens (including phenoxy) is 2. The van der Waals surface area contributed by atoms with E-state index in [9.17, 15) is 4.79 Å². The van der Waals surface area contributed by atoms with E-state index in [0.717, 1.165) is 34.0 Å². The van der Waals surface area contributed by atoms with Gasteiger partial charge in [-0.25, -0.2) is 0 Å². The molecule has 0 aromatic heterocycles. The van der Waals surface area contributed by atoms with E-state index in [2.05, 4.69) is 26.6 Å². The summed E-state index contributed by atoms with van der Waals surface area (Å²) in [5.74, 6) is 2.26. The second-order valence-electron chi connectivity index (χ2n) is 5.88. The van der Waals surface area contributed by atoms with Crippen molar-refractivity contribution in [3.8, 4) is 11.5 Å². The van der Waals surface area contributed by atoms with Gasteiger partial charge in [-0.3, -0.25) is 4.79 Å². The molecule has 1 saturated carbocycles. The Morgan fingerprint density at radius 3 is 2.61 bits per heavy atom. The molecule has 0 radical (unpaired) electrons. The van der Waals surface area contributed by atoms with Crippen LogP contribution in [0.3, 0.4) is 0 Å². The molecule has 23 heavy (non-hydrogen) atoms. The van der Waals surface area contributed by atoms with Crippen LogP contribution in [0.15, 0.2) is 16.6 Å². The lowest BCUT2D eigenvalue weighted by molar-refractivity contribution is -0.120. The molecule has 2 N–H and O–H groups in total. The van der Waals surface area contributed by atoms with Crippen LogP contribution in [0.1, 0.15) is 31.4 Å². The van der Waals surface area contributed by atoms with Crippen LogP contribution in [0.5, 0.6) is 11.5 Å². The first-order chi connectivity index (χ1) is 10.6. The number of halogens is 2. The Bertz CT molecular complexity index is 567. The summed E-state index contributed by atoms with van der Waals surface area (Å²) in [6, 6.07) is 3.74. The highest BCUT2D eigenvalue weighted by molar-refractivity contribution is 9.10. The number of benzene rings is 1. The Hall–Kier alpha value is -0.980. The van der Waals surface area contributed by atoms with Crippen molar-refractivity contribution in [2.45, 2.75) is 25.8 Å². The van der Waals surface area contributed by atoms with Gasteiger partial charge in [0.1, 0.15) is 13.2 Å². The molecule has 1 heterocycles. The molecule has 1 fully saturated rings. The predicted octanol–water partition coefficient (Wildman–Crippen LogP) is 2.82. The van der Waals surface area contributed by atoms with Gasteiger partial charge in [-0.15, -0.1) is 12.4 Å². The molecule has 5 nitrogen and oxygen atoms in total. The van der Waals surface area contributed by atoms with Crippen LogP contribution >= 0.6 is 28.3 Å². The molecule has 1 atom stereocenters. The largest absolute Gasteiger partial charge is 0.486 e. The summed E-state index contributed by atoms with van der Waals surface area (Å²) in [6.45, 7) is 4.39. The minimum absolute atomic E-state index is 0. The highest BCUT2D eigenvalue weighted by atomic mass is 79.9. The van der Waals surface area contributed by atoms with Gasteiger partial charge in [0.2, 0.25) is 5.91 Å². The van der Waals surface area contributed by atoms with Gasteiger partial charge in [-0.1, -0.05) is 15.9 Å². The Balaban J connectivity index is 0.00000192. The Morgan fingerprint density at radius 1 is 1.30 bits per heavy atom. The van der Waals surface area contributed by atoms with Crippen LogP contribution in [0, 0.1) is 5.92 Å². The predicted molar refractivity (Wildman–Crippen MR) is 94.5 cm³/mol. The molecule has 0 spiro atoms. The summed E-state index contributed by atoms with van der Waals surface area (Å²) in [4.78, 5) is 12.0. The first kappa shape index (κ1) is 18.4. The zero-order chi connectivity index (χ0) is 15.5. The van der Waals surface area contributed by atoms with Crippen molar-refractivity contribution in [2.75, 3.05) is 26.3 Å². The number of carbonyl (C=O) groups is 1. The lowest BCUT2D eigenvalue weighted by atomic mass is 10.1. The fourth-order valence-corrected chi connectivity index (χ4v) is 3.16. The molecule has 7 heteroatoms. The summed E-state index contributed by atoms with van der Waals surface area (Å²) < 4.78 is 12.1. The number of carbonyl (C=O) groups excluding carboxylic acids is 1.